The van der Waals surface area contributed by atoms with Crippen LogP contribution in [0, 0.1) is 9.52 Å². The molecule has 0 atom stereocenters. The van der Waals surface area contributed by atoms with E-state index in [1.54, 1.807) is 22.6 Å². The fourth-order valence-corrected chi connectivity index (χ4v) is 3.26. The van der Waals surface area contributed by atoms with Crippen LogP contribution in [0.3, 0.4) is 0 Å². The Morgan fingerprint density at radius 1 is 1.58 bits per heavy atom. The van der Waals surface area contributed by atoms with Crippen molar-refractivity contribution in [1.82, 2.24) is 4.98 Å². The van der Waals surface area contributed by atoms with E-state index in [4.69, 9.17) is 10.7 Å². The van der Waals surface area contributed by atoms with Gasteiger partial charge in [0, 0.05) is 20.4 Å². The molecule has 7 heteroatoms. The molecule has 0 radical (unpaired) electrons. The molecule has 3 nitrogen and oxygen atoms in total. The summed E-state index contributed by atoms with van der Waals surface area (Å²) in [5.41, 5.74) is 0. The first-order valence-corrected chi connectivity index (χ1v) is 6.06. The molecular formula is C5H2ClFINO2S. The molecule has 0 fully saturated rings. The fraction of sp³-hybridized carbons (Fsp3) is 0. The first kappa shape index (κ1) is 10.1. The molecule has 0 N–H and O–H groups in total. The molecule has 0 aromatic carbocycles. The highest BCUT2D eigenvalue weighted by atomic mass is 127. The lowest BCUT2D eigenvalue weighted by molar-refractivity contribution is 0.540. The third kappa shape index (κ3) is 2.05. The molecule has 0 amide bonds. The Balaban J connectivity index is 3.53. The van der Waals surface area contributed by atoms with Crippen LogP contribution in [0.5, 0.6) is 0 Å². The molecular weight excluding hydrogens is 319 g/mol. The molecule has 0 saturated carbocycles. The first-order chi connectivity index (χ1) is 5.43. The summed E-state index contributed by atoms with van der Waals surface area (Å²) in [6.07, 6.45) is 1.17. The maximum atomic E-state index is 12.8. The van der Waals surface area contributed by atoms with E-state index in [2.05, 4.69) is 4.98 Å². The summed E-state index contributed by atoms with van der Waals surface area (Å²) < 4.78 is 34.5. The largest absolute Gasteiger partial charge is 0.266 e. The zero-order valence-corrected chi connectivity index (χ0v) is 9.19. The predicted octanol–water partition coefficient (Wildman–Crippen LogP) is 1.75. The normalized spacial score (nSPS) is 11.6. The van der Waals surface area contributed by atoms with Crippen molar-refractivity contribution in [2.24, 2.45) is 0 Å². The Morgan fingerprint density at radius 2 is 2.17 bits per heavy atom. The van der Waals surface area contributed by atoms with Crippen LogP contribution < -0.4 is 0 Å². The summed E-state index contributed by atoms with van der Waals surface area (Å²) in [5, 5.41) is 0. The molecule has 0 aliphatic rings. The monoisotopic (exact) mass is 321 g/mol. The standard InChI is InChI=1S/C5H2ClFINO2S/c6-12(10,11)4-3(8)1-2-9-5(4)7/h1-2H. The molecule has 1 aromatic heterocycles. The summed E-state index contributed by atoms with van der Waals surface area (Å²) in [7, 11) is 0.920. The van der Waals surface area contributed by atoms with Gasteiger partial charge in [0.25, 0.3) is 9.05 Å². The summed E-state index contributed by atoms with van der Waals surface area (Å²) >= 11 is 1.67. The summed E-state index contributed by atoms with van der Waals surface area (Å²) in [4.78, 5) is 2.61. The topological polar surface area (TPSA) is 47.0 Å². The van der Waals surface area contributed by atoms with Gasteiger partial charge in [-0.25, -0.2) is 13.4 Å². The molecule has 0 spiro atoms. The number of hydrogen-bond acceptors (Lipinski definition) is 3. The van der Waals surface area contributed by atoms with E-state index in [9.17, 15) is 12.8 Å². The molecule has 0 saturated heterocycles. The number of pyridine rings is 1. The van der Waals surface area contributed by atoms with Gasteiger partial charge in [0.2, 0.25) is 5.95 Å². The van der Waals surface area contributed by atoms with Gasteiger partial charge in [-0.05, 0) is 28.7 Å². The molecule has 0 aliphatic heterocycles. The molecule has 1 rings (SSSR count). The van der Waals surface area contributed by atoms with E-state index >= 15 is 0 Å². The van der Waals surface area contributed by atoms with Crippen LogP contribution in [0.4, 0.5) is 4.39 Å². The zero-order valence-electron chi connectivity index (χ0n) is 5.46. The van der Waals surface area contributed by atoms with E-state index in [-0.39, 0.29) is 3.57 Å². The van der Waals surface area contributed by atoms with Crippen LogP contribution >= 0.6 is 33.3 Å². The Hall–Kier alpha value is 0.0500. The molecule has 66 valence electrons. The number of nitrogens with zero attached hydrogens (tertiary/aromatic N) is 1. The summed E-state index contributed by atoms with van der Waals surface area (Å²) in [5.74, 6) is -1.07. The van der Waals surface area contributed by atoms with Crippen molar-refractivity contribution in [2.45, 2.75) is 4.90 Å². The van der Waals surface area contributed by atoms with Crippen molar-refractivity contribution >= 4 is 42.3 Å². The molecule has 0 bridgehead atoms. The third-order valence-corrected chi connectivity index (χ3v) is 3.66. The summed E-state index contributed by atoms with van der Waals surface area (Å²) in [6.45, 7) is 0. The van der Waals surface area contributed by atoms with Gasteiger partial charge in [-0.3, -0.25) is 0 Å². The lowest BCUT2D eigenvalue weighted by Crippen LogP contribution is -2.00. The average molecular weight is 321 g/mol. The highest BCUT2D eigenvalue weighted by Gasteiger charge is 2.20. The fourth-order valence-electron chi connectivity index (χ4n) is 0.618. The number of hydrogen-bond donors (Lipinski definition) is 0. The Bertz CT molecular complexity index is 388. The quantitative estimate of drug-likeness (QED) is 0.450. The molecule has 1 heterocycles. The minimum absolute atomic E-state index is 0.218. The molecule has 0 unspecified atom stereocenters. The average Bonchev–Trinajstić information content (AvgIpc) is 1.82. The zero-order chi connectivity index (χ0) is 9.35. The minimum Gasteiger partial charge on any atom is -0.227 e. The van der Waals surface area contributed by atoms with Gasteiger partial charge in [0.1, 0.15) is 0 Å². The van der Waals surface area contributed by atoms with Gasteiger partial charge >= 0.3 is 0 Å². The van der Waals surface area contributed by atoms with Gasteiger partial charge < -0.3 is 0 Å². The smallest absolute Gasteiger partial charge is 0.227 e. The second kappa shape index (κ2) is 3.43. The maximum absolute atomic E-state index is 12.8. The Morgan fingerprint density at radius 3 is 2.50 bits per heavy atom. The van der Waals surface area contributed by atoms with Crippen LogP contribution in [-0.2, 0) is 9.05 Å². The molecule has 0 aliphatic carbocycles. The van der Waals surface area contributed by atoms with Crippen LogP contribution in [0.15, 0.2) is 17.2 Å². The van der Waals surface area contributed by atoms with Crippen molar-refractivity contribution in [2.75, 3.05) is 0 Å². The van der Waals surface area contributed by atoms with Crippen LogP contribution in [0.25, 0.3) is 0 Å². The van der Waals surface area contributed by atoms with E-state index < -0.39 is 19.9 Å². The number of rotatable bonds is 1. The van der Waals surface area contributed by atoms with Crippen molar-refractivity contribution < 1.29 is 12.8 Å². The lowest BCUT2D eigenvalue weighted by Gasteiger charge is -1.98. The second-order valence-corrected chi connectivity index (χ2v) is 5.52. The first-order valence-electron chi connectivity index (χ1n) is 2.67. The van der Waals surface area contributed by atoms with Crippen LogP contribution in [0.1, 0.15) is 0 Å². The molecule has 1 aromatic rings. The van der Waals surface area contributed by atoms with Crippen molar-refractivity contribution in [1.29, 1.82) is 0 Å². The van der Waals surface area contributed by atoms with Gasteiger partial charge in [0.15, 0.2) is 4.90 Å². The van der Waals surface area contributed by atoms with Crippen molar-refractivity contribution in [3.05, 3.63) is 21.8 Å². The SMILES string of the molecule is O=S(=O)(Cl)c1c(I)ccnc1F. The molecule has 12 heavy (non-hydrogen) atoms. The maximum Gasteiger partial charge on any atom is 0.266 e. The Labute approximate surface area is 86.5 Å². The van der Waals surface area contributed by atoms with E-state index in [0.29, 0.717) is 0 Å². The van der Waals surface area contributed by atoms with E-state index in [1.165, 1.54) is 12.3 Å². The summed E-state index contributed by atoms with van der Waals surface area (Å²) in [6, 6.07) is 1.36. The highest BCUT2D eigenvalue weighted by molar-refractivity contribution is 14.1. The van der Waals surface area contributed by atoms with E-state index in [1.807, 2.05) is 0 Å². The minimum atomic E-state index is -4.04. The predicted molar refractivity (Wildman–Crippen MR) is 50.0 cm³/mol. The highest BCUT2D eigenvalue weighted by Crippen LogP contribution is 2.22. The third-order valence-electron chi connectivity index (χ3n) is 1.06. The van der Waals surface area contributed by atoms with Gasteiger partial charge in [-0.1, -0.05) is 0 Å². The second-order valence-electron chi connectivity index (χ2n) is 1.85. The van der Waals surface area contributed by atoms with Gasteiger partial charge in [0.05, 0.1) is 0 Å². The Kier molecular flexibility index (Phi) is 2.89. The van der Waals surface area contributed by atoms with Crippen molar-refractivity contribution in [3.63, 3.8) is 0 Å². The van der Waals surface area contributed by atoms with Gasteiger partial charge in [-0.15, -0.1) is 0 Å². The number of halogens is 3. The van der Waals surface area contributed by atoms with Crippen molar-refractivity contribution in [3.8, 4) is 0 Å². The van der Waals surface area contributed by atoms with Crippen LogP contribution in [0.2, 0.25) is 0 Å². The lowest BCUT2D eigenvalue weighted by atomic mass is 10.5. The van der Waals surface area contributed by atoms with E-state index in [0.717, 1.165) is 0 Å². The van der Waals surface area contributed by atoms with Crippen LogP contribution in [-0.4, -0.2) is 13.4 Å². The van der Waals surface area contributed by atoms with Gasteiger partial charge in [-0.2, -0.15) is 4.39 Å². The number of aromatic nitrogens is 1.